The number of para-hydroxylation sites is 1. The normalized spacial score (nSPS) is 15.8. The van der Waals surface area contributed by atoms with Crippen molar-refractivity contribution in [3.05, 3.63) is 126 Å². The Morgan fingerprint density at radius 3 is 1.85 bits per heavy atom. The molecule has 0 aromatic heterocycles. The number of fused-ring (bicyclic) bond motifs is 4. The summed E-state index contributed by atoms with van der Waals surface area (Å²) >= 11 is 0. The largest absolute Gasteiger partial charge is 0.311 e. The molecule has 1 fully saturated rings. The van der Waals surface area contributed by atoms with Crippen LogP contribution in [0.25, 0.3) is 0 Å². The van der Waals surface area contributed by atoms with Gasteiger partial charge >= 0.3 is 0 Å². The van der Waals surface area contributed by atoms with Gasteiger partial charge in [-0.25, -0.2) is 8.78 Å². The second-order valence-corrected chi connectivity index (χ2v) is 11.5. The minimum Gasteiger partial charge on any atom is -0.311 e. The van der Waals surface area contributed by atoms with Gasteiger partial charge in [-0.05, 0) is 114 Å². The highest BCUT2D eigenvalue weighted by Gasteiger charge is 2.43. The van der Waals surface area contributed by atoms with E-state index < -0.39 is 0 Å². The van der Waals surface area contributed by atoms with E-state index in [1.165, 1.54) is 61.3 Å². The van der Waals surface area contributed by atoms with Crippen LogP contribution in [0.1, 0.15) is 43.6 Å². The number of anilines is 6. The van der Waals surface area contributed by atoms with Crippen molar-refractivity contribution in [2.75, 3.05) is 9.80 Å². The van der Waals surface area contributed by atoms with Crippen molar-refractivity contribution in [2.24, 2.45) is 0 Å². The van der Waals surface area contributed by atoms with E-state index in [1.54, 1.807) is 18.2 Å². The third-order valence-electron chi connectivity index (χ3n) is 9.15. The molecule has 0 unspecified atom stereocenters. The topological polar surface area (TPSA) is 6.48 Å². The fourth-order valence-electron chi connectivity index (χ4n) is 7.35. The second-order valence-electron chi connectivity index (χ2n) is 11.5. The van der Waals surface area contributed by atoms with Crippen molar-refractivity contribution < 1.29 is 8.78 Å². The molecule has 1 aliphatic carbocycles. The smallest absolute Gasteiger partial charge is 0.252 e. The highest BCUT2D eigenvalue weighted by atomic mass is 19.1. The zero-order valence-electron chi connectivity index (χ0n) is 22.7. The molecule has 5 heteroatoms. The number of nitrogens with zero attached hydrogens (tertiary/aromatic N) is 2. The number of hydrogen-bond acceptors (Lipinski definition) is 2. The first-order valence-corrected chi connectivity index (χ1v) is 14.6. The molecule has 5 aromatic rings. The Morgan fingerprint density at radius 2 is 1.15 bits per heavy atom. The van der Waals surface area contributed by atoms with Gasteiger partial charge in [0.1, 0.15) is 11.6 Å². The first-order valence-electron chi connectivity index (χ1n) is 14.6. The molecule has 1 saturated carbocycles. The van der Waals surface area contributed by atoms with Gasteiger partial charge in [-0.2, -0.15) is 0 Å². The van der Waals surface area contributed by atoms with E-state index in [1.807, 2.05) is 12.1 Å². The molecular weight excluding hydrogens is 509 g/mol. The van der Waals surface area contributed by atoms with Crippen molar-refractivity contribution in [1.82, 2.24) is 0 Å². The van der Waals surface area contributed by atoms with Crippen molar-refractivity contribution in [1.29, 1.82) is 0 Å². The maximum Gasteiger partial charge on any atom is 0.252 e. The standard InChI is InChI=1S/C36H29BF2N2/c38-26-15-18-29(19-16-26)41-33-21-17-27(39)23-31(33)37-30-22-25(24-8-3-1-4-9-24)14-20-32(30)40(28-10-5-2-6-11-28)34-12-7-13-35(41)36(34)37/h2,5-7,10-24H,1,3-4,8-9H2. The fourth-order valence-corrected chi connectivity index (χ4v) is 7.35. The first kappa shape index (κ1) is 24.4. The summed E-state index contributed by atoms with van der Waals surface area (Å²) in [5.74, 6) is 0.0267. The number of benzene rings is 5. The van der Waals surface area contributed by atoms with Crippen LogP contribution in [0.4, 0.5) is 42.9 Å². The van der Waals surface area contributed by atoms with Gasteiger partial charge in [-0.3, -0.25) is 0 Å². The van der Waals surface area contributed by atoms with Crippen molar-refractivity contribution in [2.45, 2.75) is 38.0 Å². The molecule has 41 heavy (non-hydrogen) atoms. The van der Waals surface area contributed by atoms with E-state index >= 15 is 4.39 Å². The van der Waals surface area contributed by atoms with Crippen LogP contribution >= 0.6 is 0 Å². The van der Waals surface area contributed by atoms with Crippen LogP contribution in [0.5, 0.6) is 0 Å². The van der Waals surface area contributed by atoms with E-state index in [9.17, 15) is 4.39 Å². The Balaban J connectivity index is 1.42. The Labute approximate surface area is 240 Å². The molecule has 0 spiro atoms. The van der Waals surface area contributed by atoms with E-state index in [4.69, 9.17) is 0 Å². The van der Waals surface area contributed by atoms with E-state index in [-0.39, 0.29) is 18.3 Å². The summed E-state index contributed by atoms with van der Waals surface area (Å²) in [6.07, 6.45) is 6.30. The number of hydrogen-bond donors (Lipinski definition) is 0. The molecule has 3 aliphatic rings. The SMILES string of the molecule is Fc1ccc(N2c3ccc(F)cc3B3c4cc(C5CCCCC5)ccc4N(c4ccccc4)c4cccc2c43)cc1. The molecule has 0 bridgehead atoms. The van der Waals surface area contributed by atoms with Gasteiger partial charge in [0.2, 0.25) is 0 Å². The lowest BCUT2D eigenvalue weighted by Gasteiger charge is -2.44. The molecule has 0 N–H and O–H groups in total. The molecule has 200 valence electrons. The molecule has 2 nitrogen and oxygen atoms in total. The Morgan fingerprint density at radius 1 is 0.537 bits per heavy atom. The fraction of sp³-hybridized carbons (Fsp3) is 0.167. The first-order chi connectivity index (χ1) is 20.2. The quantitative estimate of drug-likeness (QED) is 0.210. The summed E-state index contributed by atoms with van der Waals surface area (Å²) < 4.78 is 29.1. The molecule has 5 aromatic carbocycles. The lowest BCUT2D eigenvalue weighted by molar-refractivity contribution is 0.444. The zero-order valence-corrected chi connectivity index (χ0v) is 22.7. The molecule has 8 rings (SSSR count). The third kappa shape index (κ3) is 3.90. The molecule has 0 amide bonds. The molecular formula is C36H29BF2N2. The summed E-state index contributed by atoms with van der Waals surface area (Å²) in [5, 5.41) is 0. The van der Waals surface area contributed by atoms with Gasteiger partial charge < -0.3 is 9.80 Å². The monoisotopic (exact) mass is 538 g/mol. The van der Waals surface area contributed by atoms with Gasteiger partial charge in [0, 0.05) is 34.1 Å². The number of halogens is 2. The van der Waals surface area contributed by atoms with Crippen LogP contribution in [0.15, 0.2) is 109 Å². The lowest BCUT2D eigenvalue weighted by atomic mass is 9.33. The van der Waals surface area contributed by atoms with Crippen LogP contribution in [0.3, 0.4) is 0 Å². The molecule has 0 atom stereocenters. The van der Waals surface area contributed by atoms with Crippen LogP contribution in [-0.4, -0.2) is 6.71 Å². The summed E-state index contributed by atoms with van der Waals surface area (Å²) in [6, 6.07) is 35.6. The average Bonchev–Trinajstić information content (AvgIpc) is 3.02. The zero-order chi connectivity index (χ0) is 27.5. The minimum absolute atomic E-state index is 0.123. The summed E-state index contributed by atoms with van der Waals surface area (Å²) in [6.45, 7) is -0.123. The maximum atomic E-state index is 15.1. The summed E-state index contributed by atoms with van der Waals surface area (Å²) in [4.78, 5) is 4.51. The summed E-state index contributed by atoms with van der Waals surface area (Å²) in [7, 11) is 0. The Hall–Kier alpha value is -4.38. The van der Waals surface area contributed by atoms with Crippen LogP contribution in [-0.2, 0) is 0 Å². The average molecular weight is 538 g/mol. The van der Waals surface area contributed by atoms with Crippen LogP contribution in [0.2, 0.25) is 0 Å². The minimum atomic E-state index is -0.280. The molecule has 2 heterocycles. The highest BCUT2D eigenvalue weighted by Crippen LogP contribution is 2.44. The van der Waals surface area contributed by atoms with Gasteiger partial charge in [-0.1, -0.05) is 55.7 Å². The van der Waals surface area contributed by atoms with Gasteiger partial charge in [0.25, 0.3) is 6.71 Å². The van der Waals surface area contributed by atoms with Crippen molar-refractivity contribution in [3.8, 4) is 0 Å². The Bertz CT molecular complexity index is 1760. The maximum absolute atomic E-state index is 15.1. The molecule has 0 radical (unpaired) electrons. The lowest BCUT2D eigenvalue weighted by Crippen LogP contribution is -2.61. The van der Waals surface area contributed by atoms with Crippen LogP contribution in [0, 0.1) is 11.6 Å². The van der Waals surface area contributed by atoms with E-state index in [0.717, 1.165) is 45.0 Å². The molecule has 2 aliphatic heterocycles. The van der Waals surface area contributed by atoms with Crippen molar-refractivity contribution >= 4 is 57.2 Å². The third-order valence-corrected chi connectivity index (χ3v) is 9.15. The van der Waals surface area contributed by atoms with Gasteiger partial charge in [-0.15, -0.1) is 0 Å². The highest BCUT2D eigenvalue weighted by molar-refractivity contribution is 7.00. The van der Waals surface area contributed by atoms with Gasteiger partial charge in [0.15, 0.2) is 0 Å². The van der Waals surface area contributed by atoms with Crippen LogP contribution < -0.4 is 26.2 Å². The number of rotatable bonds is 3. The van der Waals surface area contributed by atoms with E-state index in [0.29, 0.717) is 5.92 Å². The predicted molar refractivity (Wildman–Crippen MR) is 166 cm³/mol. The summed E-state index contributed by atoms with van der Waals surface area (Å²) in [5.41, 5.74) is 10.8. The second kappa shape index (κ2) is 9.62. The molecule has 0 saturated heterocycles. The van der Waals surface area contributed by atoms with E-state index in [2.05, 4.69) is 70.5 Å². The van der Waals surface area contributed by atoms with Gasteiger partial charge in [0.05, 0.1) is 0 Å². The Kier molecular flexibility index (Phi) is 5.73. The predicted octanol–water partition coefficient (Wildman–Crippen LogP) is 8.10. The van der Waals surface area contributed by atoms with Crippen molar-refractivity contribution in [3.63, 3.8) is 0 Å².